The SMILES string of the molecule is CCC(CC)CP. The van der Waals surface area contributed by atoms with Crippen molar-refractivity contribution in [2.75, 3.05) is 6.16 Å². The standard InChI is InChI=1S/C6H15P/c1-3-6(4-2)5-7/h6H,3-5,7H2,1-2H3. The molecule has 1 atom stereocenters. The topological polar surface area (TPSA) is 0 Å². The van der Waals surface area contributed by atoms with Crippen molar-refractivity contribution in [3.8, 4) is 0 Å². The van der Waals surface area contributed by atoms with E-state index in [2.05, 4.69) is 23.1 Å². The molecular weight excluding hydrogens is 103 g/mol. The van der Waals surface area contributed by atoms with Gasteiger partial charge in [-0.3, -0.25) is 0 Å². The van der Waals surface area contributed by atoms with E-state index in [-0.39, 0.29) is 0 Å². The Morgan fingerprint density at radius 1 is 1.29 bits per heavy atom. The lowest BCUT2D eigenvalue weighted by Crippen LogP contribution is -1.95. The Morgan fingerprint density at radius 3 is 1.71 bits per heavy atom. The van der Waals surface area contributed by atoms with E-state index in [1.807, 2.05) is 0 Å². The van der Waals surface area contributed by atoms with Crippen LogP contribution >= 0.6 is 9.24 Å². The fraction of sp³-hybridized carbons (Fsp3) is 1.00. The normalized spacial score (nSPS) is 10.3. The summed E-state index contributed by atoms with van der Waals surface area (Å²) in [5, 5.41) is 0. The van der Waals surface area contributed by atoms with Gasteiger partial charge in [-0.1, -0.05) is 26.7 Å². The molecule has 0 aliphatic heterocycles. The minimum absolute atomic E-state index is 0.949. The minimum atomic E-state index is 0.949. The van der Waals surface area contributed by atoms with Crippen LogP contribution in [0.4, 0.5) is 0 Å². The van der Waals surface area contributed by atoms with E-state index < -0.39 is 0 Å². The summed E-state index contributed by atoms with van der Waals surface area (Å²) in [6, 6.07) is 0. The third kappa shape index (κ3) is 3.05. The molecule has 0 nitrogen and oxygen atoms in total. The fourth-order valence-corrected chi connectivity index (χ4v) is 1.29. The predicted octanol–water partition coefficient (Wildman–Crippen LogP) is 2.30. The summed E-state index contributed by atoms with van der Waals surface area (Å²) in [6.45, 7) is 4.50. The van der Waals surface area contributed by atoms with Gasteiger partial charge in [-0.25, -0.2) is 0 Å². The molecule has 44 valence electrons. The number of hydrogen-bond donors (Lipinski definition) is 0. The van der Waals surface area contributed by atoms with Crippen LogP contribution in [0.25, 0.3) is 0 Å². The summed E-state index contributed by atoms with van der Waals surface area (Å²) in [5.74, 6) is 0.949. The average Bonchev–Trinajstić information content (AvgIpc) is 1.72. The van der Waals surface area contributed by atoms with Crippen molar-refractivity contribution in [3.63, 3.8) is 0 Å². The van der Waals surface area contributed by atoms with Gasteiger partial charge in [0, 0.05) is 0 Å². The molecule has 0 N–H and O–H groups in total. The van der Waals surface area contributed by atoms with E-state index in [0.29, 0.717) is 0 Å². The maximum atomic E-state index is 2.78. The molecule has 0 aromatic heterocycles. The predicted molar refractivity (Wildman–Crippen MR) is 38.6 cm³/mol. The second-order valence-electron chi connectivity index (χ2n) is 1.92. The molecular formula is C6H15P. The largest absolute Gasteiger partial charge is 0.137 e. The number of rotatable bonds is 3. The monoisotopic (exact) mass is 118 g/mol. The Hall–Kier alpha value is 0.430. The summed E-state index contributed by atoms with van der Waals surface area (Å²) < 4.78 is 0. The summed E-state index contributed by atoms with van der Waals surface area (Å²) >= 11 is 0. The molecule has 7 heavy (non-hydrogen) atoms. The molecule has 0 aliphatic carbocycles. The van der Waals surface area contributed by atoms with Crippen LogP contribution in [0.5, 0.6) is 0 Å². The lowest BCUT2D eigenvalue weighted by molar-refractivity contribution is 0.554. The van der Waals surface area contributed by atoms with Crippen molar-refractivity contribution in [2.24, 2.45) is 5.92 Å². The molecule has 0 spiro atoms. The average molecular weight is 118 g/mol. The van der Waals surface area contributed by atoms with E-state index in [4.69, 9.17) is 0 Å². The van der Waals surface area contributed by atoms with Gasteiger partial charge in [0.05, 0.1) is 0 Å². The summed E-state index contributed by atoms with van der Waals surface area (Å²) in [7, 11) is 2.78. The van der Waals surface area contributed by atoms with Crippen molar-refractivity contribution >= 4 is 9.24 Å². The van der Waals surface area contributed by atoms with Crippen LogP contribution in [0, 0.1) is 5.92 Å². The molecule has 0 saturated carbocycles. The van der Waals surface area contributed by atoms with Gasteiger partial charge in [0.1, 0.15) is 0 Å². The van der Waals surface area contributed by atoms with Gasteiger partial charge in [-0.15, -0.1) is 9.24 Å². The molecule has 0 aromatic rings. The second-order valence-corrected chi connectivity index (χ2v) is 2.39. The van der Waals surface area contributed by atoms with Crippen molar-refractivity contribution < 1.29 is 0 Å². The van der Waals surface area contributed by atoms with E-state index in [1.165, 1.54) is 19.0 Å². The van der Waals surface area contributed by atoms with Crippen molar-refractivity contribution in [1.82, 2.24) is 0 Å². The van der Waals surface area contributed by atoms with Gasteiger partial charge in [0.2, 0.25) is 0 Å². The summed E-state index contributed by atoms with van der Waals surface area (Å²) in [6.07, 6.45) is 3.94. The van der Waals surface area contributed by atoms with Crippen molar-refractivity contribution in [3.05, 3.63) is 0 Å². The highest BCUT2D eigenvalue weighted by atomic mass is 31.0. The number of hydrogen-bond acceptors (Lipinski definition) is 0. The Labute approximate surface area is 48.9 Å². The van der Waals surface area contributed by atoms with E-state index >= 15 is 0 Å². The molecule has 0 radical (unpaired) electrons. The third-order valence-corrected chi connectivity index (χ3v) is 2.15. The molecule has 0 bridgehead atoms. The molecule has 0 rings (SSSR count). The molecule has 0 amide bonds. The smallest absolute Gasteiger partial charge is 0.0353 e. The molecule has 0 aliphatic rings. The zero-order valence-electron chi connectivity index (χ0n) is 5.28. The molecule has 0 saturated heterocycles. The maximum absolute atomic E-state index is 2.78. The maximum Gasteiger partial charge on any atom is -0.0353 e. The molecule has 1 heteroatoms. The lowest BCUT2D eigenvalue weighted by Gasteiger charge is -2.05. The van der Waals surface area contributed by atoms with Crippen LogP contribution in [0.2, 0.25) is 0 Å². The van der Waals surface area contributed by atoms with Gasteiger partial charge in [0.25, 0.3) is 0 Å². The van der Waals surface area contributed by atoms with Crippen LogP contribution < -0.4 is 0 Å². The van der Waals surface area contributed by atoms with Gasteiger partial charge < -0.3 is 0 Å². The van der Waals surface area contributed by atoms with Crippen LogP contribution in [0.1, 0.15) is 26.7 Å². The van der Waals surface area contributed by atoms with Gasteiger partial charge >= 0.3 is 0 Å². The Bertz CT molecular complexity index is 25.7. The highest BCUT2D eigenvalue weighted by molar-refractivity contribution is 7.16. The fourth-order valence-electron chi connectivity index (χ4n) is 0.622. The van der Waals surface area contributed by atoms with Gasteiger partial charge in [0.15, 0.2) is 0 Å². The summed E-state index contributed by atoms with van der Waals surface area (Å²) in [5.41, 5.74) is 0. The first-order valence-electron chi connectivity index (χ1n) is 3.05. The van der Waals surface area contributed by atoms with E-state index in [9.17, 15) is 0 Å². The van der Waals surface area contributed by atoms with E-state index in [0.717, 1.165) is 5.92 Å². The quantitative estimate of drug-likeness (QED) is 0.499. The Kier molecular flexibility index (Phi) is 4.87. The first kappa shape index (κ1) is 7.43. The minimum Gasteiger partial charge on any atom is -0.137 e. The second kappa shape index (κ2) is 4.59. The van der Waals surface area contributed by atoms with Gasteiger partial charge in [-0.2, -0.15) is 0 Å². The highest BCUT2D eigenvalue weighted by Crippen LogP contribution is 2.09. The zero-order chi connectivity index (χ0) is 5.70. The first-order chi connectivity index (χ1) is 3.35. The van der Waals surface area contributed by atoms with Crippen LogP contribution in [0.3, 0.4) is 0 Å². The lowest BCUT2D eigenvalue weighted by atomic mass is 10.1. The van der Waals surface area contributed by atoms with Crippen LogP contribution in [-0.2, 0) is 0 Å². The van der Waals surface area contributed by atoms with Crippen LogP contribution in [0.15, 0.2) is 0 Å². The Balaban J connectivity index is 2.99. The van der Waals surface area contributed by atoms with Crippen molar-refractivity contribution in [2.45, 2.75) is 26.7 Å². The highest BCUT2D eigenvalue weighted by Gasteiger charge is 1.95. The molecule has 0 fully saturated rings. The first-order valence-corrected chi connectivity index (χ1v) is 3.86. The zero-order valence-corrected chi connectivity index (χ0v) is 6.43. The molecule has 0 aromatic carbocycles. The summed E-state index contributed by atoms with van der Waals surface area (Å²) in [4.78, 5) is 0. The molecule has 1 unspecified atom stereocenters. The van der Waals surface area contributed by atoms with Crippen molar-refractivity contribution in [1.29, 1.82) is 0 Å². The van der Waals surface area contributed by atoms with Gasteiger partial charge in [-0.05, 0) is 12.1 Å². The van der Waals surface area contributed by atoms with Crippen LogP contribution in [-0.4, -0.2) is 6.16 Å². The third-order valence-electron chi connectivity index (χ3n) is 1.49. The Morgan fingerprint density at radius 2 is 1.71 bits per heavy atom. The van der Waals surface area contributed by atoms with E-state index in [1.54, 1.807) is 0 Å². The molecule has 0 heterocycles.